The maximum atomic E-state index is 11.6. The molecule has 0 saturated carbocycles. The molecule has 0 radical (unpaired) electrons. The van der Waals surface area contributed by atoms with Gasteiger partial charge in [-0.25, -0.2) is 9.59 Å². The standard InChI is InChI=1S/C12H17N5O3/c13-9(4-2-6-17-12(14)15)11(19)20-10(18)8-3-1-5-16-7-8/h1,3,5,7,9H,2,4,6,13H2,(H4,14,15,17)/t9-/m0/s1. The van der Waals surface area contributed by atoms with E-state index in [1.165, 1.54) is 18.5 Å². The zero-order valence-electron chi connectivity index (χ0n) is 10.8. The summed E-state index contributed by atoms with van der Waals surface area (Å²) in [7, 11) is 0. The number of nitrogens with zero attached hydrogens (tertiary/aromatic N) is 1. The van der Waals surface area contributed by atoms with Crippen LogP contribution in [0.25, 0.3) is 0 Å². The third-order valence-electron chi connectivity index (χ3n) is 2.40. The van der Waals surface area contributed by atoms with Crippen molar-refractivity contribution in [2.24, 2.45) is 11.5 Å². The first-order chi connectivity index (χ1) is 9.50. The highest BCUT2D eigenvalue weighted by molar-refractivity contribution is 5.97. The first-order valence-corrected chi connectivity index (χ1v) is 6.00. The van der Waals surface area contributed by atoms with Crippen molar-refractivity contribution in [1.82, 2.24) is 10.3 Å². The van der Waals surface area contributed by atoms with Crippen molar-refractivity contribution in [2.45, 2.75) is 18.9 Å². The van der Waals surface area contributed by atoms with Crippen molar-refractivity contribution >= 4 is 17.9 Å². The topological polar surface area (TPSA) is 144 Å². The van der Waals surface area contributed by atoms with E-state index >= 15 is 0 Å². The van der Waals surface area contributed by atoms with E-state index < -0.39 is 18.0 Å². The molecule has 0 saturated heterocycles. The number of esters is 2. The molecule has 0 aliphatic carbocycles. The summed E-state index contributed by atoms with van der Waals surface area (Å²) in [6, 6.07) is 2.16. The van der Waals surface area contributed by atoms with Crippen LogP contribution in [-0.4, -0.2) is 35.5 Å². The van der Waals surface area contributed by atoms with Crippen molar-refractivity contribution in [3.8, 4) is 0 Å². The van der Waals surface area contributed by atoms with Gasteiger partial charge in [0.25, 0.3) is 0 Å². The predicted octanol–water partition coefficient (Wildman–Crippen LogP) is -0.644. The highest BCUT2D eigenvalue weighted by Crippen LogP contribution is 2.02. The van der Waals surface area contributed by atoms with Crippen LogP contribution >= 0.6 is 0 Å². The number of nitrogens with one attached hydrogen (secondary N) is 2. The zero-order valence-corrected chi connectivity index (χ0v) is 10.8. The molecular formula is C12H17N5O3. The average Bonchev–Trinajstić information content (AvgIpc) is 2.44. The summed E-state index contributed by atoms with van der Waals surface area (Å²) < 4.78 is 4.65. The minimum absolute atomic E-state index is 0.145. The molecule has 108 valence electrons. The highest BCUT2D eigenvalue weighted by Gasteiger charge is 2.19. The maximum Gasteiger partial charge on any atom is 0.347 e. The van der Waals surface area contributed by atoms with Gasteiger partial charge in [0.2, 0.25) is 0 Å². The van der Waals surface area contributed by atoms with Crippen LogP contribution in [0.3, 0.4) is 0 Å². The first-order valence-electron chi connectivity index (χ1n) is 6.00. The Labute approximate surface area is 116 Å². The molecule has 0 fully saturated rings. The number of carbonyl (C=O) groups is 2. The van der Waals surface area contributed by atoms with E-state index in [1.807, 2.05) is 0 Å². The van der Waals surface area contributed by atoms with E-state index in [1.54, 1.807) is 6.07 Å². The molecule has 1 atom stereocenters. The molecule has 0 amide bonds. The van der Waals surface area contributed by atoms with Gasteiger partial charge >= 0.3 is 11.9 Å². The summed E-state index contributed by atoms with van der Waals surface area (Å²) >= 11 is 0. The van der Waals surface area contributed by atoms with E-state index in [-0.39, 0.29) is 11.5 Å². The number of ether oxygens (including phenoxy) is 1. The van der Waals surface area contributed by atoms with Crippen molar-refractivity contribution in [2.75, 3.05) is 6.54 Å². The number of carbonyl (C=O) groups excluding carboxylic acids is 2. The summed E-state index contributed by atoms with van der Waals surface area (Å²) in [6.07, 6.45) is 3.65. The Morgan fingerprint density at radius 2 is 2.25 bits per heavy atom. The Morgan fingerprint density at radius 3 is 2.85 bits per heavy atom. The molecule has 0 spiro atoms. The van der Waals surface area contributed by atoms with Crippen LogP contribution in [-0.2, 0) is 9.53 Å². The summed E-state index contributed by atoms with van der Waals surface area (Å²) in [5, 5.41) is 9.53. The zero-order chi connectivity index (χ0) is 15.0. The molecule has 20 heavy (non-hydrogen) atoms. The molecule has 0 aliphatic rings. The van der Waals surface area contributed by atoms with E-state index in [0.717, 1.165) is 0 Å². The van der Waals surface area contributed by atoms with Crippen LogP contribution in [0, 0.1) is 5.41 Å². The third kappa shape index (κ3) is 5.44. The number of hydrogen-bond acceptors (Lipinski definition) is 6. The lowest BCUT2D eigenvalue weighted by Gasteiger charge is -2.10. The number of nitrogens with two attached hydrogens (primary N) is 2. The Balaban J connectivity index is 2.34. The Kier molecular flexibility index (Phi) is 6.11. The van der Waals surface area contributed by atoms with Crippen LogP contribution < -0.4 is 16.8 Å². The van der Waals surface area contributed by atoms with Crippen molar-refractivity contribution < 1.29 is 14.3 Å². The molecule has 0 unspecified atom stereocenters. The number of pyridine rings is 1. The van der Waals surface area contributed by atoms with Crippen molar-refractivity contribution in [3.63, 3.8) is 0 Å². The molecular weight excluding hydrogens is 262 g/mol. The lowest BCUT2D eigenvalue weighted by molar-refractivity contribution is -0.139. The fourth-order valence-electron chi connectivity index (χ4n) is 1.37. The number of guanidine groups is 1. The van der Waals surface area contributed by atoms with Crippen molar-refractivity contribution in [1.29, 1.82) is 5.41 Å². The van der Waals surface area contributed by atoms with Crippen LogP contribution in [0.5, 0.6) is 0 Å². The largest absolute Gasteiger partial charge is 0.388 e. The fraction of sp³-hybridized carbons (Fsp3) is 0.333. The van der Waals surface area contributed by atoms with Gasteiger partial charge in [-0.3, -0.25) is 10.4 Å². The number of aromatic nitrogens is 1. The molecule has 8 nitrogen and oxygen atoms in total. The fourth-order valence-corrected chi connectivity index (χ4v) is 1.37. The summed E-state index contributed by atoms with van der Waals surface area (Å²) in [4.78, 5) is 26.9. The van der Waals surface area contributed by atoms with Crippen LogP contribution in [0.1, 0.15) is 23.2 Å². The van der Waals surface area contributed by atoms with Gasteiger partial charge < -0.3 is 21.5 Å². The minimum atomic E-state index is -0.899. The van der Waals surface area contributed by atoms with Gasteiger partial charge in [-0.05, 0) is 25.0 Å². The van der Waals surface area contributed by atoms with Gasteiger partial charge in [0.05, 0.1) is 5.56 Å². The van der Waals surface area contributed by atoms with Gasteiger partial charge in [0.1, 0.15) is 6.04 Å². The molecule has 0 aliphatic heterocycles. The molecule has 8 heteroatoms. The number of hydrogen-bond donors (Lipinski definition) is 4. The van der Waals surface area contributed by atoms with E-state index in [9.17, 15) is 9.59 Å². The van der Waals surface area contributed by atoms with Crippen LogP contribution in [0.15, 0.2) is 24.5 Å². The van der Waals surface area contributed by atoms with Crippen molar-refractivity contribution in [3.05, 3.63) is 30.1 Å². The Morgan fingerprint density at radius 1 is 1.50 bits per heavy atom. The maximum absolute atomic E-state index is 11.6. The normalized spacial score (nSPS) is 11.4. The molecule has 0 bridgehead atoms. The third-order valence-corrected chi connectivity index (χ3v) is 2.40. The smallest absolute Gasteiger partial charge is 0.347 e. The first kappa shape index (κ1) is 15.6. The predicted molar refractivity (Wildman–Crippen MR) is 71.8 cm³/mol. The second-order valence-electron chi connectivity index (χ2n) is 4.04. The van der Waals surface area contributed by atoms with Crippen LogP contribution in [0.2, 0.25) is 0 Å². The summed E-state index contributed by atoms with van der Waals surface area (Å²) in [5.74, 6) is -1.71. The Hall–Kier alpha value is -2.48. The molecule has 0 aromatic carbocycles. The summed E-state index contributed by atoms with van der Waals surface area (Å²) in [6.45, 7) is 0.423. The second kappa shape index (κ2) is 7.85. The minimum Gasteiger partial charge on any atom is -0.388 e. The molecule has 1 heterocycles. The Bertz CT molecular complexity index is 477. The quantitative estimate of drug-likeness (QED) is 0.178. The lowest BCUT2D eigenvalue weighted by Crippen LogP contribution is -2.36. The lowest BCUT2D eigenvalue weighted by atomic mass is 10.1. The molecule has 1 rings (SSSR count). The van der Waals surface area contributed by atoms with Gasteiger partial charge in [-0.1, -0.05) is 0 Å². The SMILES string of the molecule is N=C(N)NCCC[C@H](N)C(=O)OC(=O)c1cccnc1. The van der Waals surface area contributed by atoms with Gasteiger partial charge in [0.15, 0.2) is 5.96 Å². The van der Waals surface area contributed by atoms with E-state index in [2.05, 4.69) is 15.0 Å². The molecule has 1 aromatic rings. The van der Waals surface area contributed by atoms with E-state index in [0.29, 0.717) is 19.4 Å². The molecule has 1 aromatic heterocycles. The van der Waals surface area contributed by atoms with Gasteiger partial charge in [-0.2, -0.15) is 0 Å². The van der Waals surface area contributed by atoms with Gasteiger partial charge in [0, 0.05) is 18.9 Å². The van der Waals surface area contributed by atoms with Crippen LogP contribution in [0.4, 0.5) is 0 Å². The van der Waals surface area contributed by atoms with Gasteiger partial charge in [-0.15, -0.1) is 0 Å². The second-order valence-corrected chi connectivity index (χ2v) is 4.04. The monoisotopic (exact) mass is 279 g/mol. The number of rotatable bonds is 6. The molecule has 6 N–H and O–H groups in total. The average molecular weight is 279 g/mol. The van der Waals surface area contributed by atoms with E-state index in [4.69, 9.17) is 16.9 Å². The highest BCUT2D eigenvalue weighted by atomic mass is 16.6. The summed E-state index contributed by atoms with van der Waals surface area (Å²) in [5.41, 5.74) is 10.9.